The molecule has 0 aromatic heterocycles. The first kappa shape index (κ1) is 21.9. The molecule has 0 unspecified atom stereocenters. The molecule has 0 bridgehead atoms. The number of para-hydroxylation sites is 2. The number of benzene rings is 2. The maximum absolute atomic E-state index is 6.73. The second-order valence-electron chi connectivity index (χ2n) is 7.71. The van der Waals surface area contributed by atoms with Crippen LogP contribution in [0, 0.1) is 20.8 Å². The summed E-state index contributed by atoms with van der Waals surface area (Å²) in [7, 11) is 0. The third-order valence-corrected chi connectivity index (χ3v) is 7.95. The lowest BCUT2D eigenvalue weighted by molar-refractivity contribution is 0.542. The van der Waals surface area contributed by atoms with Gasteiger partial charge >= 0.3 is 14.5 Å². The Labute approximate surface area is 171 Å². The standard InChI is InChI=1S/C16H19NO.2C4H9.Al/c1-11-6-4-7-12(2)15(11)17-10-14-9-5-8-13(3)16(14)18;2*1-3-4-2;/h4-9,17-18H,10H2,1-3H3;2*1,3-4H2,2H3;/q;;;+1/p-1. The number of nitrogens with one attached hydrogen (secondary N) is 1. The Hall–Kier alpha value is -1.43. The summed E-state index contributed by atoms with van der Waals surface area (Å²) in [4.78, 5) is 0. The van der Waals surface area contributed by atoms with Crippen molar-refractivity contribution < 1.29 is 3.79 Å². The van der Waals surface area contributed by atoms with Crippen LogP contribution in [0.5, 0.6) is 5.75 Å². The van der Waals surface area contributed by atoms with Gasteiger partial charge in [0, 0.05) is 17.8 Å². The third-order valence-electron chi connectivity index (χ3n) is 5.27. The molecule has 2 rings (SSSR count). The number of hydrogen-bond donors (Lipinski definition) is 1. The van der Waals surface area contributed by atoms with Crippen LogP contribution in [0.15, 0.2) is 36.4 Å². The summed E-state index contributed by atoms with van der Waals surface area (Å²) >= 11 is -1.20. The number of anilines is 1. The van der Waals surface area contributed by atoms with Crippen LogP contribution < -0.4 is 9.11 Å². The van der Waals surface area contributed by atoms with Crippen LogP contribution in [0.1, 0.15) is 61.8 Å². The maximum Gasteiger partial charge on any atom is 0.546 e. The van der Waals surface area contributed by atoms with Gasteiger partial charge < -0.3 is 9.11 Å². The molecule has 0 spiro atoms. The van der Waals surface area contributed by atoms with Crippen LogP contribution in [0.25, 0.3) is 0 Å². The van der Waals surface area contributed by atoms with Crippen molar-refractivity contribution in [3.63, 3.8) is 0 Å². The van der Waals surface area contributed by atoms with Crippen LogP contribution in [-0.2, 0) is 6.54 Å². The highest BCUT2D eigenvalue weighted by Crippen LogP contribution is 2.28. The molecule has 0 amide bonds. The summed E-state index contributed by atoms with van der Waals surface area (Å²) in [6.45, 7) is 11.9. The van der Waals surface area contributed by atoms with E-state index in [2.05, 4.69) is 76.3 Å². The van der Waals surface area contributed by atoms with Crippen LogP contribution in [-0.4, -0.2) is 14.5 Å². The molecule has 1 N–H and O–H groups in total. The summed E-state index contributed by atoms with van der Waals surface area (Å²) in [6, 6.07) is 13.0. The molecule has 2 aromatic carbocycles. The molecule has 2 aromatic rings. The van der Waals surface area contributed by atoms with Gasteiger partial charge in [-0.2, -0.15) is 0 Å². The van der Waals surface area contributed by atoms with E-state index in [9.17, 15) is 0 Å². The molecule has 0 aliphatic carbocycles. The highest BCUT2D eigenvalue weighted by Gasteiger charge is 2.24. The predicted octanol–water partition coefficient (Wildman–Crippen LogP) is 7.19. The molecule has 0 radical (unpaired) electrons. The van der Waals surface area contributed by atoms with Crippen molar-refractivity contribution in [3.8, 4) is 5.75 Å². The molecule has 0 heterocycles. The third kappa shape index (κ3) is 6.59. The van der Waals surface area contributed by atoms with Gasteiger partial charge in [-0.3, -0.25) is 0 Å². The second-order valence-corrected chi connectivity index (χ2v) is 10.3. The number of aryl methyl sites for hydroxylation is 3. The molecule has 0 fully saturated rings. The smallest absolute Gasteiger partial charge is 0.546 e. The fourth-order valence-corrected chi connectivity index (χ4v) is 6.51. The lowest BCUT2D eigenvalue weighted by Gasteiger charge is -2.21. The van der Waals surface area contributed by atoms with Crippen LogP contribution >= 0.6 is 0 Å². The highest BCUT2D eigenvalue weighted by molar-refractivity contribution is 6.52. The largest absolute Gasteiger partial charge is 0.642 e. The van der Waals surface area contributed by atoms with Crippen LogP contribution in [0.2, 0.25) is 10.6 Å². The summed E-state index contributed by atoms with van der Waals surface area (Å²) < 4.78 is 6.73. The first-order valence-corrected chi connectivity index (χ1v) is 12.7. The number of rotatable bonds is 11. The molecule has 0 aliphatic rings. The highest BCUT2D eigenvalue weighted by atomic mass is 27.2. The minimum Gasteiger partial charge on any atom is -0.642 e. The molecular weight excluding hydrogens is 345 g/mol. The minimum atomic E-state index is -1.20. The molecule has 0 aliphatic heterocycles. The Kier molecular flexibility index (Phi) is 9.25. The molecule has 0 atom stereocenters. The van der Waals surface area contributed by atoms with Gasteiger partial charge in [-0.15, -0.1) is 0 Å². The zero-order chi connectivity index (χ0) is 19.6. The average Bonchev–Trinajstić information content (AvgIpc) is 2.65. The predicted molar refractivity (Wildman–Crippen MR) is 120 cm³/mol. The Morgan fingerprint density at radius 3 is 1.96 bits per heavy atom. The van der Waals surface area contributed by atoms with Crippen molar-refractivity contribution in [2.75, 3.05) is 5.32 Å². The quantitative estimate of drug-likeness (QED) is 0.416. The van der Waals surface area contributed by atoms with Gasteiger partial charge in [0.25, 0.3) is 0 Å². The van der Waals surface area contributed by atoms with Gasteiger partial charge in [-0.25, -0.2) is 0 Å². The van der Waals surface area contributed by atoms with Crippen molar-refractivity contribution in [1.29, 1.82) is 0 Å². The monoisotopic (exact) mass is 381 g/mol. The Morgan fingerprint density at radius 2 is 1.37 bits per heavy atom. The van der Waals surface area contributed by atoms with E-state index in [1.807, 2.05) is 0 Å². The van der Waals surface area contributed by atoms with E-state index in [0.29, 0.717) is 0 Å². The van der Waals surface area contributed by atoms with E-state index in [-0.39, 0.29) is 0 Å². The molecule has 0 saturated carbocycles. The second kappa shape index (κ2) is 11.4. The SMILES string of the molecule is CCC[CH2][Al]([CH2]CCC)[O]c1c(C)cccc1CNc1c(C)cccc1C. The summed E-state index contributed by atoms with van der Waals surface area (Å²) in [5.74, 6) is 1.14. The Balaban J connectivity index is 2.16. The topological polar surface area (TPSA) is 21.3 Å². The maximum atomic E-state index is 6.73. The molecular formula is C24H36AlNO. The first-order chi connectivity index (χ1) is 13.1. The van der Waals surface area contributed by atoms with Crippen LogP contribution in [0.4, 0.5) is 5.69 Å². The molecule has 0 saturated heterocycles. The number of hydrogen-bond acceptors (Lipinski definition) is 2. The van der Waals surface area contributed by atoms with Gasteiger partial charge in [-0.1, -0.05) is 86.5 Å². The van der Waals surface area contributed by atoms with E-state index < -0.39 is 14.5 Å². The van der Waals surface area contributed by atoms with Crippen molar-refractivity contribution in [2.24, 2.45) is 0 Å². The van der Waals surface area contributed by atoms with E-state index in [1.165, 1.54) is 64.2 Å². The van der Waals surface area contributed by atoms with Crippen molar-refractivity contribution in [3.05, 3.63) is 58.7 Å². The van der Waals surface area contributed by atoms with E-state index in [0.717, 1.165) is 12.3 Å². The van der Waals surface area contributed by atoms with Gasteiger partial charge in [0.2, 0.25) is 0 Å². The summed E-state index contributed by atoms with van der Waals surface area (Å²) in [5.41, 5.74) is 6.38. The van der Waals surface area contributed by atoms with Crippen molar-refractivity contribution in [2.45, 2.75) is 77.4 Å². The van der Waals surface area contributed by atoms with E-state index in [1.54, 1.807) is 0 Å². The molecule has 3 heteroatoms. The van der Waals surface area contributed by atoms with Crippen molar-refractivity contribution in [1.82, 2.24) is 0 Å². The summed E-state index contributed by atoms with van der Waals surface area (Å²) in [6.07, 6.45) is 5.10. The van der Waals surface area contributed by atoms with Crippen LogP contribution in [0.3, 0.4) is 0 Å². The Bertz CT molecular complexity index is 685. The van der Waals surface area contributed by atoms with E-state index in [4.69, 9.17) is 3.79 Å². The fourth-order valence-electron chi connectivity index (χ4n) is 3.59. The molecule has 27 heavy (non-hydrogen) atoms. The average molecular weight is 382 g/mol. The van der Waals surface area contributed by atoms with Gasteiger partial charge in [-0.05, 0) is 37.5 Å². The molecule has 2 nitrogen and oxygen atoms in total. The summed E-state index contributed by atoms with van der Waals surface area (Å²) in [5, 5.41) is 6.23. The molecule has 146 valence electrons. The fraction of sp³-hybridized carbons (Fsp3) is 0.500. The van der Waals surface area contributed by atoms with Gasteiger partial charge in [0.05, 0.1) is 5.75 Å². The zero-order valence-corrected chi connectivity index (χ0v) is 19.1. The van der Waals surface area contributed by atoms with Crippen molar-refractivity contribution >= 4 is 20.2 Å². The lowest BCUT2D eigenvalue weighted by Crippen LogP contribution is -2.23. The lowest BCUT2D eigenvalue weighted by atomic mass is 10.1. The Morgan fingerprint density at radius 1 is 0.815 bits per heavy atom. The minimum absolute atomic E-state index is 0.811. The van der Waals surface area contributed by atoms with Gasteiger partial charge in [0.15, 0.2) is 0 Å². The first-order valence-electron chi connectivity index (χ1n) is 10.6. The van der Waals surface area contributed by atoms with E-state index >= 15 is 0 Å². The number of unbranched alkanes of at least 4 members (excludes halogenated alkanes) is 2. The zero-order valence-electron chi connectivity index (χ0n) is 17.9. The van der Waals surface area contributed by atoms with Gasteiger partial charge in [0.1, 0.15) is 0 Å². The normalized spacial score (nSPS) is 10.7.